The third kappa shape index (κ3) is 2.17. The number of ether oxygens (including phenoxy) is 1. The minimum Gasteiger partial charge on any atom is -0.497 e. The monoisotopic (exact) mass is 287 g/mol. The number of aromatic nitrogens is 2. The van der Waals surface area contributed by atoms with Crippen molar-refractivity contribution in [1.82, 2.24) is 9.38 Å². The van der Waals surface area contributed by atoms with E-state index in [1.54, 1.807) is 0 Å². The maximum absolute atomic E-state index is 12.8. The molecule has 0 spiro atoms. The number of fused-ring (bicyclic) bond motifs is 1. The molecule has 0 fully saturated rings. The van der Waals surface area contributed by atoms with E-state index < -0.39 is 28.9 Å². The molecule has 2 rings (SSSR count). The van der Waals surface area contributed by atoms with E-state index in [4.69, 9.17) is 10.5 Å². The van der Waals surface area contributed by atoms with Gasteiger partial charge in [0.05, 0.1) is 7.11 Å². The molecule has 0 aromatic carbocycles. The summed E-state index contributed by atoms with van der Waals surface area (Å²) in [5.41, 5.74) is 0.558. The van der Waals surface area contributed by atoms with Crippen molar-refractivity contribution < 1.29 is 22.7 Å². The van der Waals surface area contributed by atoms with E-state index >= 15 is 0 Å². The van der Waals surface area contributed by atoms with Crippen molar-refractivity contribution in [1.29, 1.82) is 0 Å². The third-order valence-corrected chi connectivity index (χ3v) is 2.55. The Labute approximate surface area is 109 Å². The zero-order valence-electron chi connectivity index (χ0n) is 10.1. The number of alkyl halides is 3. The van der Waals surface area contributed by atoms with Crippen LogP contribution in [0.25, 0.3) is 5.65 Å². The quantitative estimate of drug-likeness (QED) is 0.886. The molecule has 106 valence electrons. The first-order valence-electron chi connectivity index (χ1n) is 5.23. The number of methoxy groups -OCH3 is 1. The number of rotatable bonds is 2. The number of halogens is 3. The van der Waals surface area contributed by atoms with Gasteiger partial charge >= 0.3 is 6.18 Å². The summed E-state index contributed by atoms with van der Waals surface area (Å²) in [6.07, 6.45) is -3.82. The van der Waals surface area contributed by atoms with Gasteiger partial charge in [-0.25, -0.2) is 4.98 Å². The molecule has 0 unspecified atom stereocenters. The van der Waals surface area contributed by atoms with Crippen LogP contribution in [0.4, 0.5) is 13.2 Å². The molecule has 2 heterocycles. The Morgan fingerprint density at radius 1 is 1.45 bits per heavy atom. The average molecular weight is 287 g/mol. The van der Waals surface area contributed by atoms with Crippen molar-refractivity contribution in [2.45, 2.75) is 6.18 Å². The van der Waals surface area contributed by atoms with Crippen LogP contribution in [0.2, 0.25) is 0 Å². The molecule has 0 aliphatic carbocycles. The fourth-order valence-electron chi connectivity index (χ4n) is 1.67. The van der Waals surface area contributed by atoms with Gasteiger partial charge in [-0.15, -0.1) is 0 Å². The Morgan fingerprint density at radius 2 is 2.10 bits per heavy atom. The van der Waals surface area contributed by atoms with Crippen molar-refractivity contribution in [3.8, 4) is 5.75 Å². The summed E-state index contributed by atoms with van der Waals surface area (Å²) in [5.74, 6) is -1.27. The van der Waals surface area contributed by atoms with Crippen LogP contribution < -0.4 is 16.0 Å². The van der Waals surface area contributed by atoms with E-state index in [1.807, 2.05) is 0 Å². The second-order valence-corrected chi connectivity index (χ2v) is 3.80. The van der Waals surface area contributed by atoms with Gasteiger partial charge in [-0.05, 0) is 6.07 Å². The van der Waals surface area contributed by atoms with E-state index in [1.165, 1.54) is 13.2 Å². The lowest BCUT2D eigenvalue weighted by Gasteiger charge is -2.11. The molecule has 20 heavy (non-hydrogen) atoms. The third-order valence-electron chi connectivity index (χ3n) is 2.55. The number of nitrogens with two attached hydrogens (primary N) is 1. The van der Waals surface area contributed by atoms with Crippen LogP contribution in [0.15, 0.2) is 23.1 Å². The van der Waals surface area contributed by atoms with Gasteiger partial charge in [0.2, 0.25) is 0 Å². The Hall–Kier alpha value is -2.58. The molecule has 0 aliphatic heterocycles. The maximum atomic E-state index is 12.8. The molecular formula is C11H8F3N3O3. The molecule has 2 N–H and O–H groups in total. The van der Waals surface area contributed by atoms with Crippen molar-refractivity contribution >= 4 is 11.6 Å². The number of amides is 1. The van der Waals surface area contributed by atoms with Crippen molar-refractivity contribution in [2.75, 3.05) is 7.11 Å². The van der Waals surface area contributed by atoms with Crippen molar-refractivity contribution in [3.63, 3.8) is 0 Å². The molecule has 0 radical (unpaired) electrons. The highest BCUT2D eigenvalue weighted by atomic mass is 19.4. The van der Waals surface area contributed by atoms with Crippen molar-refractivity contribution in [2.24, 2.45) is 5.73 Å². The lowest BCUT2D eigenvalue weighted by Crippen LogP contribution is -2.32. The number of primary amides is 1. The lowest BCUT2D eigenvalue weighted by atomic mass is 10.2. The SMILES string of the molecule is COc1ccn2c(=O)c(C(N)=O)c(C(F)(F)F)nc2c1. The summed E-state index contributed by atoms with van der Waals surface area (Å²) in [4.78, 5) is 26.3. The molecule has 2 aromatic rings. The zero-order chi connectivity index (χ0) is 15.1. The van der Waals surface area contributed by atoms with Gasteiger partial charge < -0.3 is 10.5 Å². The summed E-state index contributed by atoms with van der Waals surface area (Å²) >= 11 is 0. The Balaban J connectivity index is 2.93. The first kappa shape index (κ1) is 13.8. The Kier molecular flexibility index (Phi) is 3.12. The molecule has 0 saturated carbocycles. The molecule has 0 bridgehead atoms. The molecule has 0 saturated heterocycles. The van der Waals surface area contributed by atoms with Crippen molar-refractivity contribution in [3.05, 3.63) is 39.9 Å². The Bertz CT molecular complexity index is 752. The van der Waals surface area contributed by atoms with Gasteiger partial charge in [-0.1, -0.05) is 0 Å². The number of hydrogen-bond donors (Lipinski definition) is 1. The first-order chi connectivity index (χ1) is 9.25. The van der Waals surface area contributed by atoms with E-state index in [0.717, 1.165) is 16.7 Å². The van der Waals surface area contributed by atoms with E-state index in [0.29, 0.717) is 0 Å². The highest BCUT2D eigenvalue weighted by molar-refractivity contribution is 5.94. The minimum atomic E-state index is -4.97. The molecule has 0 aliphatic rings. The number of hydrogen-bond acceptors (Lipinski definition) is 4. The first-order valence-corrected chi connectivity index (χ1v) is 5.23. The second-order valence-electron chi connectivity index (χ2n) is 3.80. The topological polar surface area (TPSA) is 86.7 Å². The van der Waals surface area contributed by atoms with E-state index in [9.17, 15) is 22.8 Å². The second kappa shape index (κ2) is 4.51. The molecule has 1 amide bonds. The van der Waals surface area contributed by atoms with Crippen LogP contribution in [0.1, 0.15) is 16.1 Å². The fourth-order valence-corrected chi connectivity index (χ4v) is 1.67. The van der Waals surface area contributed by atoms with Gasteiger partial charge in [0.25, 0.3) is 11.5 Å². The summed E-state index contributed by atoms with van der Waals surface area (Å²) in [7, 11) is 1.31. The average Bonchev–Trinajstić information content (AvgIpc) is 2.36. The van der Waals surface area contributed by atoms with Gasteiger partial charge in [-0.2, -0.15) is 13.2 Å². The number of pyridine rings is 1. The summed E-state index contributed by atoms with van der Waals surface area (Å²) in [5, 5.41) is 0. The summed E-state index contributed by atoms with van der Waals surface area (Å²) < 4.78 is 44.2. The summed E-state index contributed by atoms with van der Waals surface area (Å²) in [6.45, 7) is 0. The zero-order valence-corrected chi connectivity index (χ0v) is 10.1. The Morgan fingerprint density at radius 3 is 2.60 bits per heavy atom. The molecule has 2 aromatic heterocycles. The molecule has 6 nitrogen and oxygen atoms in total. The van der Waals surface area contributed by atoms with E-state index in [2.05, 4.69) is 4.98 Å². The van der Waals surface area contributed by atoms with Crippen LogP contribution >= 0.6 is 0 Å². The van der Waals surface area contributed by atoms with Gasteiger partial charge in [0, 0.05) is 12.3 Å². The number of nitrogens with zero attached hydrogens (tertiary/aromatic N) is 2. The highest BCUT2D eigenvalue weighted by Gasteiger charge is 2.39. The highest BCUT2D eigenvalue weighted by Crippen LogP contribution is 2.29. The minimum absolute atomic E-state index is 0.219. The predicted octanol–water partition coefficient (Wildman–Crippen LogP) is 0.821. The smallest absolute Gasteiger partial charge is 0.434 e. The molecule has 0 atom stereocenters. The van der Waals surface area contributed by atoms with Crippen LogP contribution in [-0.2, 0) is 6.18 Å². The number of carbonyl (C=O) groups excluding carboxylic acids is 1. The standard InChI is InChI=1S/C11H8F3N3O3/c1-20-5-2-3-17-6(4-5)16-8(11(12,13)14)7(9(15)18)10(17)19/h2-4H,1H3,(H2,15,18). The van der Waals surface area contributed by atoms with Gasteiger partial charge in [0.15, 0.2) is 5.69 Å². The summed E-state index contributed by atoms with van der Waals surface area (Å²) in [6, 6.07) is 2.48. The predicted molar refractivity (Wildman–Crippen MR) is 61.5 cm³/mol. The van der Waals surface area contributed by atoms with Gasteiger partial charge in [0.1, 0.15) is 17.0 Å². The normalized spacial score (nSPS) is 11.6. The lowest BCUT2D eigenvalue weighted by molar-refractivity contribution is -0.141. The van der Waals surface area contributed by atoms with Crippen LogP contribution in [0, 0.1) is 0 Å². The van der Waals surface area contributed by atoms with Crippen LogP contribution in [0.3, 0.4) is 0 Å². The largest absolute Gasteiger partial charge is 0.497 e. The van der Waals surface area contributed by atoms with Gasteiger partial charge in [-0.3, -0.25) is 14.0 Å². The molecular weight excluding hydrogens is 279 g/mol. The van der Waals surface area contributed by atoms with Crippen LogP contribution in [0.5, 0.6) is 5.75 Å². The maximum Gasteiger partial charge on any atom is 0.434 e. The number of carbonyl (C=O) groups is 1. The van der Waals surface area contributed by atoms with E-state index in [-0.39, 0.29) is 11.4 Å². The molecule has 9 heteroatoms. The fraction of sp³-hybridized carbons (Fsp3) is 0.182. The van der Waals surface area contributed by atoms with Crippen LogP contribution in [-0.4, -0.2) is 22.4 Å².